The van der Waals surface area contributed by atoms with E-state index in [0.717, 1.165) is 25.7 Å². The Morgan fingerprint density at radius 3 is 2.52 bits per heavy atom. The van der Waals surface area contributed by atoms with Crippen LogP contribution >= 0.6 is 0 Å². The quantitative estimate of drug-likeness (QED) is 0.486. The van der Waals surface area contributed by atoms with Crippen LogP contribution in [0, 0.1) is 52.3 Å². The number of esters is 1. The number of ether oxygens (including phenoxy) is 2. The molecule has 4 saturated carbocycles. The van der Waals surface area contributed by atoms with E-state index in [1.165, 1.54) is 12.8 Å². The van der Waals surface area contributed by atoms with E-state index < -0.39 is 17.1 Å². The third-order valence-corrected chi connectivity index (χ3v) is 12.3. The van der Waals surface area contributed by atoms with Crippen molar-refractivity contribution in [1.29, 1.82) is 0 Å². The smallest absolute Gasteiger partial charge is 0.309 e. The van der Waals surface area contributed by atoms with E-state index in [-0.39, 0.29) is 29.5 Å². The molecule has 1 N–H and O–H groups in total. The van der Waals surface area contributed by atoms with E-state index in [1.54, 1.807) is 0 Å². The average Bonchev–Trinajstić information content (AvgIpc) is 3.41. The second-order valence-electron chi connectivity index (χ2n) is 13.3. The van der Waals surface area contributed by atoms with Crippen molar-refractivity contribution < 1.29 is 24.2 Å². The van der Waals surface area contributed by atoms with Crippen molar-refractivity contribution in [3.05, 3.63) is 0 Å². The fourth-order valence-electron chi connectivity index (χ4n) is 10.2. The summed E-state index contributed by atoms with van der Waals surface area (Å²) in [7, 11) is 0. The van der Waals surface area contributed by atoms with Gasteiger partial charge in [-0.1, -0.05) is 27.7 Å². The molecule has 5 nitrogen and oxygen atoms in total. The molecule has 2 heterocycles. The van der Waals surface area contributed by atoms with Crippen LogP contribution in [0.5, 0.6) is 0 Å². The Labute approximate surface area is 198 Å². The molecule has 5 heteroatoms. The van der Waals surface area contributed by atoms with Gasteiger partial charge in [-0.15, -0.1) is 0 Å². The summed E-state index contributed by atoms with van der Waals surface area (Å²) in [6.07, 6.45) is 7.15. The Bertz CT molecular complexity index is 870. The Balaban J connectivity index is 1.27. The summed E-state index contributed by atoms with van der Waals surface area (Å²) in [4.78, 5) is 25.8. The Kier molecular flexibility index (Phi) is 4.82. The molecule has 1 spiro atoms. The third-order valence-electron chi connectivity index (χ3n) is 12.3. The van der Waals surface area contributed by atoms with E-state index >= 15 is 0 Å². The van der Waals surface area contributed by atoms with Crippen LogP contribution in [-0.4, -0.2) is 40.8 Å². The van der Waals surface area contributed by atoms with Gasteiger partial charge in [-0.25, -0.2) is 0 Å². The van der Waals surface area contributed by atoms with Gasteiger partial charge in [0.25, 0.3) is 0 Å². The highest BCUT2D eigenvalue weighted by Gasteiger charge is 2.80. The Hall–Kier alpha value is -0.940. The first-order valence-corrected chi connectivity index (χ1v) is 13.6. The first-order chi connectivity index (χ1) is 15.6. The zero-order valence-corrected chi connectivity index (χ0v) is 21.0. The third kappa shape index (κ3) is 2.67. The predicted molar refractivity (Wildman–Crippen MR) is 123 cm³/mol. The zero-order valence-electron chi connectivity index (χ0n) is 21.0. The number of rotatable bonds is 2. The highest BCUT2D eigenvalue weighted by molar-refractivity contribution is 5.88. The van der Waals surface area contributed by atoms with Gasteiger partial charge in [0, 0.05) is 6.42 Å². The molecule has 184 valence electrons. The van der Waals surface area contributed by atoms with Gasteiger partial charge in [0.1, 0.15) is 17.5 Å². The van der Waals surface area contributed by atoms with Crippen molar-refractivity contribution in [3.8, 4) is 0 Å². The van der Waals surface area contributed by atoms with Crippen LogP contribution in [0.15, 0.2) is 0 Å². The lowest BCUT2D eigenvalue weighted by molar-refractivity contribution is -0.173. The molecule has 4 aliphatic carbocycles. The molecule has 6 aliphatic rings. The number of aliphatic hydroxyl groups is 1. The Morgan fingerprint density at radius 2 is 1.79 bits per heavy atom. The van der Waals surface area contributed by atoms with Gasteiger partial charge < -0.3 is 14.6 Å². The lowest BCUT2D eigenvalue weighted by atomic mass is 9.43. The minimum atomic E-state index is -0.605. The summed E-state index contributed by atoms with van der Waals surface area (Å²) < 4.78 is 12.3. The average molecular weight is 459 g/mol. The monoisotopic (exact) mass is 458 g/mol. The molecule has 0 unspecified atom stereocenters. The van der Waals surface area contributed by atoms with Gasteiger partial charge in [0.15, 0.2) is 0 Å². The molecule has 2 aliphatic heterocycles. The summed E-state index contributed by atoms with van der Waals surface area (Å²) in [5.41, 5.74) is -0.916. The summed E-state index contributed by atoms with van der Waals surface area (Å²) in [6, 6.07) is 0. The van der Waals surface area contributed by atoms with Crippen LogP contribution < -0.4 is 0 Å². The maximum atomic E-state index is 13.4. The summed E-state index contributed by atoms with van der Waals surface area (Å²) in [6.45, 7) is 11.1. The van der Waals surface area contributed by atoms with Gasteiger partial charge in [-0.2, -0.15) is 0 Å². The number of fused-ring (bicyclic) bond motifs is 4. The number of Topliss-reactive ketones (excluding diaryl/α,β-unsaturated/α-hetero) is 1. The molecule has 0 radical (unpaired) electrons. The minimum absolute atomic E-state index is 0.000902. The first kappa shape index (κ1) is 22.5. The highest BCUT2D eigenvalue weighted by Crippen LogP contribution is 2.73. The molecule has 0 aromatic carbocycles. The molecular weight excluding hydrogens is 416 g/mol. The number of cyclic esters (lactones) is 1. The molecule has 6 rings (SSSR count). The Morgan fingerprint density at radius 1 is 1.03 bits per heavy atom. The van der Waals surface area contributed by atoms with Crippen LogP contribution in [-0.2, 0) is 19.1 Å². The maximum Gasteiger partial charge on any atom is 0.309 e. The van der Waals surface area contributed by atoms with Crippen molar-refractivity contribution in [2.24, 2.45) is 52.3 Å². The molecule has 0 bridgehead atoms. The van der Waals surface area contributed by atoms with Crippen LogP contribution in [0.1, 0.15) is 86.0 Å². The van der Waals surface area contributed by atoms with Gasteiger partial charge in [-0.05, 0) is 92.8 Å². The van der Waals surface area contributed by atoms with Crippen molar-refractivity contribution in [3.63, 3.8) is 0 Å². The molecule has 2 saturated heterocycles. The number of hydrogen-bond acceptors (Lipinski definition) is 5. The normalized spacial score (nSPS) is 58.4. The van der Waals surface area contributed by atoms with Crippen LogP contribution in [0.2, 0.25) is 0 Å². The van der Waals surface area contributed by atoms with E-state index in [0.29, 0.717) is 54.1 Å². The van der Waals surface area contributed by atoms with Gasteiger partial charge in [0.2, 0.25) is 0 Å². The van der Waals surface area contributed by atoms with E-state index in [2.05, 4.69) is 27.7 Å². The SMILES string of the molecule is C[C@@H]([C@H]1CC[C@H]2[C@@H]3C[C@H]4O[C@]45[C@@H](O)CCC(=O)[C@]5(C)[C@H]3CC[C@]12C)[C@H]1C[C@H](C)[C@@H](C)C(=O)O1. The lowest BCUT2D eigenvalue weighted by Crippen LogP contribution is -2.64. The fourth-order valence-corrected chi connectivity index (χ4v) is 10.2. The second kappa shape index (κ2) is 7.06. The number of carbonyl (C=O) groups excluding carboxylic acids is 2. The van der Waals surface area contributed by atoms with Gasteiger partial charge in [0.05, 0.1) is 23.5 Å². The lowest BCUT2D eigenvalue weighted by Gasteiger charge is -2.59. The van der Waals surface area contributed by atoms with Gasteiger partial charge in [-0.3, -0.25) is 9.59 Å². The number of ketones is 1. The molecule has 0 aromatic heterocycles. The molecule has 0 aromatic rings. The molecular formula is C28H42O5. The second-order valence-corrected chi connectivity index (χ2v) is 13.3. The van der Waals surface area contributed by atoms with E-state index in [1.807, 2.05) is 6.92 Å². The molecule has 33 heavy (non-hydrogen) atoms. The largest absolute Gasteiger partial charge is 0.462 e. The molecule has 0 amide bonds. The topological polar surface area (TPSA) is 76.1 Å². The van der Waals surface area contributed by atoms with Crippen LogP contribution in [0.25, 0.3) is 0 Å². The van der Waals surface area contributed by atoms with Crippen LogP contribution in [0.4, 0.5) is 0 Å². The highest BCUT2D eigenvalue weighted by atomic mass is 16.6. The van der Waals surface area contributed by atoms with Crippen molar-refractivity contribution in [2.45, 2.75) is 110 Å². The molecule has 13 atom stereocenters. The number of epoxide rings is 1. The summed E-state index contributed by atoms with van der Waals surface area (Å²) in [5, 5.41) is 10.9. The standard InChI is InChI=1S/C28H42O5/c1-14-12-21(32-25(31)15(14)2)16(3)18-6-7-19-17-13-24-28(33-24)23(30)9-8-22(29)27(28,5)20(17)10-11-26(18,19)4/h14-21,23-24,30H,6-13H2,1-5H3/t14-,15+,16-,17-,18+,19-,20-,21+,23-,24+,26+,27-,28+/m0/s1. The van der Waals surface area contributed by atoms with Crippen molar-refractivity contribution in [1.82, 2.24) is 0 Å². The number of aliphatic hydroxyl groups excluding tert-OH is 1. The zero-order chi connectivity index (χ0) is 23.5. The van der Waals surface area contributed by atoms with E-state index in [9.17, 15) is 14.7 Å². The summed E-state index contributed by atoms with van der Waals surface area (Å²) in [5.74, 6) is 3.00. The van der Waals surface area contributed by atoms with Crippen LogP contribution in [0.3, 0.4) is 0 Å². The first-order valence-electron chi connectivity index (χ1n) is 13.6. The van der Waals surface area contributed by atoms with Gasteiger partial charge >= 0.3 is 5.97 Å². The summed E-state index contributed by atoms with van der Waals surface area (Å²) >= 11 is 0. The predicted octanol–water partition coefficient (Wildman–Crippen LogP) is 4.54. The fraction of sp³-hybridized carbons (Fsp3) is 0.929. The van der Waals surface area contributed by atoms with Crippen molar-refractivity contribution in [2.75, 3.05) is 0 Å². The number of carbonyl (C=O) groups is 2. The maximum absolute atomic E-state index is 13.4. The van der Waals surface area contributed by atoms with E-state index in [4.69, 9.17) is 9.47 Å². The number of hydrogen-bond donors (Lipinski definition) is 1. The van der Waals surface area contributed by atoms with Crippen molar-refractivity contribution >= 4 is 11.8 Å². The minimum Gasteiger partial charge on any atom is -0.462 e. The molecule has 6 fully saturated rings.